The van der Waals surface area contributed by atoms with Crippen LogP contribution in [0.15, 0.2) is 12.2 Å². The van der Waals surface area contributed by atoms with Gasteiger partial charge in [0.1, 0.15) is 6.10 Å². The van der Waals surface area contributed by atoms with Crippen LogP contribution in [0.5, 0.6) is 0 Å². The van der Waals surface area contributed by atoms with E-state index in [9.17, 15) is 4.79 Å². The predicted octanol–water partition coefficient (Wildman–Crippen LogP) is 1.56. The molecule has 0 saturated carbocycles. The molecule has 0 aliphatic carbocycles. The Kier molecular flexibility index (Phi) is 2.45. The highest BCUT2D eigenvalue weighted by Gasteiger charge is 2.30. The number of hydrogen-bond acceptors (Lipinski definition) is 2. The summed E-state index contributed by atoms with van der Waals surface area (Å²) in [5.41, 5.74) is 0.601. The minimum Gasteiger partial charge on any atom is -0.370 e. The van der Waals surface area contributed by atoms with Crippen LogP contribution in [0.3, 0.4) is 0 Å². The highest BCUT2D eigenvalue weighted by atomic mass is 16.5. The van der Waals surface area contributed by atoms with Crippen LogP contribution in [0.4, 0.5) is 0 Å². The molecule has 2 nitrogen and oxygen atoms in total. The second-order valence-electron chi connectivity index (χ2n) is 3.20. The molecule has 1 aliphatic heterocycles. The standard InChI is InChI=1S/C9H14O2/c1-6(2)8(10)9-7(3)4-5-11-9/h7,9H,1,4-5H2,2-3H3. The predicted molar refractivity (Wildman–Crippen MR) is 43.3 cm³/mol. The fourth-order valence-corrected chi connectivity index (χ4v) is 1.27. The summed E-state index contributed by atoms with van der Waals surface area (Å²) in [6, 6.07) is 0. The molecule has 0 N–H and O–H groups in total. The average Bonchev–Trinajstić information content (AvgIpc) is 2.33. The molecule has 1 fully saturated rings. The molecule has 0 spiro atoms. The SMILES string of the molecule is C=C(C)C(=O)C1OCCC1C. The van der Waals surface area contributed by atoms with E-state index in [0.29, 0.717) is 18.1 Å². The molecule has 11 heavy (non-hydrogen) atoms. The third-order valence-electron chi connectivity index (χ3n) is 2.07. The molecular weight excluding hydrogens is 140 g/mol. The number of ketones is 1. The van der Waals surface area contributed by atoms with Crippen molar-refractivity contribution in [3.05, 3.63) is 12.2 Å². The van der Waals surface area contributed by atoms with E-state index in [1.54, 1.807) is 6.92 Å². The van der Waals surface area contributed by atoms with Crippen LogP contribution in [0.2, 0.25) is 0 Å². The largest absolute Gasteiger partial charge is 0.370 e. The number of rotatable bonds is 2. The van der Waals surface area contributed by atoms with Gasteiger partial charge in [0, 0.05) is 6.61 Å². The van der Waals surface area contributed by atoms with Crippen molar-refractivity contribution in [2.24, 2.45) is 5.92 Å². The fraction of sp³-hybridized carbons (Fsp3) is 0.667. The minimum atomic E-state index is -0.215. The maximum atomic E-state index is 11.3. The number of ether oxygens (including phenoxy) is 1. The highest BCUT2D eigenvalue weighted by molar-refractivity contribution is 5.98. The maximum Gasteiger partial charge on any atom is 0.186 e. The third-order valence-corrected chi connectivity index (χ3v) is 2.07. The van der Waals surface area contributed by atoms with Crippen LogP contribution in [-0.4, -0.2) is 18.5 Å². The Morgan fingerprint density at radius 1 is 1.64 bits per heavy atom. The molecule has 0 radical (unpaired) electrons. The Labute approximate surface area is 67.2 Å². The van der Waals surface area contributed by atoms with Gasteiger partial charge in [-0.05, 0) is 24.8 Å². The number of carbonyl (C=O) groups is 1. The first-order valence-electron chi connectivity index (χ1n) is 3.94. The van der Waals surface area contributed by atoms with E-state index in [1.807, 2.05) is 6.92 Å². The smallest absolute Gasteiger partial charge is 0.186 e. The van der Waals surface area contributed by atoms with Gasteiger partial charge < -0.3 is 4.74 Å². The topological polar surface area (TPSA) is 26.3 Å². The van der Waals surface area contributed by atoms with Crippen LogP contribution in [0, 0.1) is 5.92 Å². The Hall–Kier alpha value is -0.630. The summed E-state index contributed by atoms with van der Waals surface area (Å²) in [4.78, 5) is 11.3. The number of carbonyl (C=O) groups excluding carboxylic acids is 1. The molecule has 0 bridgehead atoms. The van der Waals surface area contributed by atoms with E-state index < -0.39 is 0 Å². The van der Waals surface area contributed by atoms with Crippen LogP contribution in [0.1, 0.15) is 20.3 Å². The van der Waals surface area contributed by atoms with Gasteiger partial charge in [-0.2, -0.15) is 0 Å². The molecule has 2 unspecified atom stereocenters. The van der Waals surface area contributed by atoms with Crippen LogP contribution >= 0.6 is 0 Å². The second kappa shape index (κ2) is 3.18. The zero-order valence-corrected chi connectivity index (χ0v) is 7.09. The van der Waals surface area contributed by atoms with Gasteiger partial charge in [-0.1, -0.05) is 13.5 Å². The van der Waals surface area contributed by atoms with Gasteiger partial charge in [0.05, 0.1) is 0 Å². The van der Waals surface area contributed by atoms with E-state index >= 15 is 0 Å². The molecule has 1 aliphatic rings. The molecule has 2 atom stereocenters. The summed E-state index contributed by atoms with van der Waals surface area (Å²) < 4.78 is 5.28. The summed E-state index contributed by atoms with van der Waals surface area (Å²) in [6.07, 6.45) is 0.774. The molecule has 2 heteroatoms. The third kappa shape index (κ3) is 1.69. The average molecular weight is 154 g/mol. The summed E-state index contributed by atoms with van der Waals surface area (Å²) in [7, 11) is 0. The first-order valence-corrected chi connectivity index (χ1v) is 3.94. The van der Waals surface area contributed by atoms with Gasteiger partial charge in [-0.25, -0.2) is 0 Å². The van der Waals surface area contributed by atoms with Crippen LogP contribution < -0.4 is 0 Å². The molecule has 0 aromatic heterocycles. The zero-order chi connectivity index (χ0) is 8.43. The van der Waals surface area contributed by atoms with Gasteiger partial charge in [0.15, 0.2) is 5.78 Å². The molecule has 62 valence electrons. The van der Waals surface area contributed by atoms with Crippen LogP contribution in [0.25, 0.3) is 0 Å². The number of hydrogen-bond donors (Lipinski definition) is 0. The van der Waals surface area contributed by atoms with Crippen molar-refractivity contribution in [3.8, 4) is 0 Å². The van der Waals surface area contributed by atoms with Crippen molar-refractivity contribution < 1.29 is 9.53 Å². The van der Waals surface area contributed by atoms with Gasteiger partial charge in [0.25, 0.3) is 0 Å². The Morgan fingerprint density at radius 2 is 2.27 bits per heavy atom. The van der Waals surface area contributed by atoms with Gasteiger partial charge in [0.2, 0.25) is 0 Å². The van der Waals surface area contributed by atoms with Gasteiger partial charge >= 0.3 is 0 Å². The van der Waals surface area contributed by atoms with E-state index in [0.717, 1.165) is 6.42 Å². The van der Waals surface area contributed by atoms with Crippen LogP contribution in [-0.2, 0) is 9.53 Å². The maximum absolute atomic E-state index is 11.3. The van der Waals surface area contributed by atoms with Crippen molar-refractivity contribution in [3.63, 3.8) is 0 Å². The molecule has 0 aromatic carbocycles. The molecule has 1 heterocycles. The lowest BCUT2D eigenvalue weighted by molar-refractivity contribution is -0.125. The monoisotopic (exact) mass is 154 g/mol. The van der Waals surface area contributed by atoms with E-state index in [4.69, 9.17) is 4.74 Å². The minimum absolute atomic E-state index is 0.0648. The Morgan fingerprint density at radius 3 is 2.64 bits per heavy atom. The van der Waals surface area contributed by atoms with Gasteiger partial charge in [-0.3, -0.25) is 4.79 Å². The van der Waals surface area contributed by atoms with Crippen molar-refractivity contribution in [2.45, 2.75) is 26.4 Å². The lowest BCUT2D eigenvalue weighted by atomic mass is 9.98. The summed E-state index contributed by atoms with van der Waals surface area (Å²) in [5.74, 6) is 0.425. The fourth-order valence-electron chi connectivity index (χ4n) is 1.27. The van der Waals surface area contributed by atoms with Crippen molar-refractivity contribution in [1.82, 2.24) is 0 Å². The Balaban J connectivity index is 2.60. The lowest BCUT2D eigenvalue weighted by Crippen LogP contribution is -2.25. The molecule has 0 aromatic rings. The summed E-state index contributed by atoms with van der Waals surface area (Å²) >= 11 is 0. The summed E-state index contributed by atoms with van der Waals surface area (Å²) in [5, 5.41) is 0. The van der Waals surface area contributed by atoms with E-state index in [-0.39, 0.29) is 11.9 Å². The molecular formula is C9H14O2. The lowest BCUT2D eigenvalue weighted by Gasteiger charge is -2.12. The highest BCUT2D eigenvalue weighted by Crippen LogP contribution is 2.22. The van der Waals surface area contributed by atoms with Gasteiger partial charge in [-0.15, -0.1) is 0 Å². The van der Waals surface area contributed by atoms with Crippen molar-refractivity contribution >= 4 is 5.78 Å². The quantitative estimate of drug-likeness (QED) is 0.564. The first kappa shape index (κ1) is 8.47. The molecule has 1 rings (SSSR count). The molecule has 0 amide bonds. The van der Waals surface area contributed by atoms with Crippen molar-refractivity contribution in [2.75, 3.05) is 6.61 Å². The van der Waals surface area contributed by atoms with E-state index in [1.165, 1.54) is 0 Å². The van der Waals surface area contributed by atoms with E-state index in [2.05, 4.69) is 6.58 Å². The van der Waals surface area contributed by atoms with Crippen molar-refractivity contribution in [1.29, 1.82) is 0 Å². The normalized spacial score (nSPS) is 30.4. The second-order valence-corrected chi connectivity index (χ2v) is 3.20. The summed E-state index contributed by atoms with van der Waals surface area (Å²) in [6.45, 7) is 8.09. The number of Topliss-reactive ketones (excluding diaryl/α,β-unsaturated/α-hetero) is 1. The zero-order valence-electron chi connectivity index (χ0n) is 7.09. The Bertz CT molecular complexity index is 184. The molecule has 1 saturated heterocycles. The first-order chi connectivity index (χ1) is 5.13.